The van der Waals surface area contributed by atoms with E-state index < -0.39 is 0 Å². The topological polar surface area (TPSA) is 47.6 Å². The Morgan fingerprint density at radius 2 is 2.00 bits per heavy atom. The van der Waals surface area contributed by atoms with E-state index in [-0.39, 0.29) is 11.3 Å². The molecule has 3 rings (SSSR count). The van der Waals surface area contributed by atoms with Crippen molar-refractivity contribution in [3.05, 3.63) is 36.4 Å². The molecule has 1 aliphatic carbocycles. The number of nitrogens with one attached hydrogen (secondary N) is 1. The van der Waals surface area contributed by atoms with Crippen molar-refractivity contribution in [2.75, 3.05) is 20.3 Å². The van der Waals surface area contributed by atoms with Crippen molar-refractivity contribution < 1.29 is 14.3 Å². The highest BCUT2D eigenvalue weighted by atomic mass is 16.5. The molecule has 1 amide bonds. The monoisotopic (exact) mass is 315 g/mol. The fraction of sp³-hybridized carbons (Fsp3) is 0.526. The van der Waals surface area contributed by atoms with Crippen LogP contribution in [0.5, 0.6) is 11.5 Å². The first kappa shape index (κ1) is 15.9. The summed E-state index contributed by atoms with van der Waals surface area (Å²) in [7, 11) is 1.64. The molecule has 3 atom stereocenters. The Bertz CT molecular complexity index is 595. The van der Waals surface area contributed by atoms with Crippen molar-refractivity contribution in [2.45, 2.75) is 26.2 Å². The molecular weight excluding hydrogens is 290 g/mol. The molecule has 1 N–H and O–H groups in total. The van der Waals surface area contributed by atoms with Gasteiger partial charge < -0.3 is 14.8 Å². The van der Waals surface area contributed by atoms with Crippen LogP contribution in [0.2, 0.25) is 0 Å². The predicted octanol–water partition coefficient (Wildman–Crippen LogP) is 3.18. The summed E-state index contributed by atoms with van der Waals surface area (Å²) in [5.74, 6) is 2.68. The van der Waals surface area contributed by atoms with Gasteiger partial charge >= 0.3 is 0 Å². The lowest BCUT2D eigenvalue weighted by Gasteiger charge is -2.41. The second-order valence-electron chi connectivity index (χ2n) is 6.85. The Kier molecular flexibility index (Phi) is 4.33. The number of rotatable bonds is 5. The van der Waals surface area contributed by atoms with Gasteiger partial charge in [0.2, 0.25) is 5.91 Å². The Morgan fingerprint density at radius 1 is 1.30 bits per heavy atom. The molecule has 0 spiro atoms. The van der Waals surface area contributed by atoms with Gasteiger partial charge in [-0.3, -0.25) is 4.79 Å². The van der Waals surface area contributed by atoms with Crippen molar-refractivity contribution in [1.29, 1.82) is 0 Å². The number of carbonyl (C=O) groups excluding carboxylic acids is 1. The van der Waals surface area contributed by atoms with Gasteiger partial charge in [0.25, 0.3) is 0 Å². The van der Waals surface area contributed by atoms with Crippen molar-refractivity contribution in [3.8, 4) is 11.5 Å². The summed E-state index contributed by atoms with van der Waals surface area (Å²) < 4.78 is 11.0. The van der Waals surface area contributed by atoms with Crippen molar-refractivity contribution in [3.63, 3.8) is 0 Å². The molecule has 0 unspecified atom stereocenters. The molecule has 23 heavy (non-hydrogen) atoms. The quantitative estimate of drug-likeness (QED) is 0.849. The standard InChI is InChI=1S/C19H25NO3/c1-13-10-17-14(2)12-20-18(21)19(17,11-13)8-9-23-16-6-4-15(22-3)5-7-16/h4-7,14,17H,1,8-12H2,2-3H3,(H,20,21)/t14-,17+,19+/m0/s1. The van der Waals surface area contributed by atoms with Crippen LogP contribution in [0.25, 0.3) is 0 Å². The maximum Gasteiger partial charge on any atom is 0.226 e. The number of fused-ring (bicyclic) bond motifs is 1. The van der Waals surface area contributed by atoms with Crippen LogP contribution in [-0.4, -0.2) is 26.2 Å². The molecule has 1 saturated heterocycles. The van der Waals surface area contributed by atoms with Crippen molar-refractivity contribution in [1.82, 2.24) is 5.32 Å². The molecule has 0 bridgehead atoms. The molecular formula is C19H25NO3. The molecule has 1 aromatic rings. The summed E-state index contributed by atoms with van der Waals surface area (Å²) in [6, 6.07) is 7.54. The molecule has 0 aromatic heterocycles. The van der Waals surface area contributed by atoms with Crippen molar-refractivity contribution >= 4 is 5.91 Å². The van der Waals surface area contributed by atoms with Gasteiger partial charge in [0.1, 0.15) is 11.5 Å². The highest BCUT2D eigenvalue weighted by molar-refractivity contribution is 5.85. The van der Waals surface area contributed by atoms with E-state index in [1.807, 2.05) is 24.3 Å². The zero-order chi connectivity index (χ0) is 16.4. The molecule has 4 heteroatoms. The number of allylic oxidation sites excluding steroid dienone is 1. The zero-order valence-electron chi connectivity index (χ0n) is 13.9. The molecule has 1 aromatic carbocycles. The molecule has 1 aliphatic heterocycles. The van der Waals surface area contributed by atoms with Gasteiger partial charge in [0, 0.05) is 6.54 Å². The molecule has 4 nitrogen and oxygen atoms in total. The van der Waals surface area contributed by atoms with Crippen LogP contribution < -0.4 is 14.8 Å². The summed E-state index contributed by atoms with van der Waals surface area (Å²) in [6.07, 6.45) is 2.50. The molecule has 2 aliphatic rings. The summed E-state index contributed by atoms with van der Waals surface area (Å²) >= 11 is 0. The van der Waals surface area contributed by atoms with E-state index in [2.05, 4.69) is 18.8 Å². The first-order chi connectivity index (χ1) is 11.0. The Labute approximate surface area is 137 Å². The third kappa shape index (κ3) is 2.94. The molecule has 124 valence electrons. The van der Waals surface area contributed by atoms with E-state index in [9.17, 15) is 4.79 Å². The molecule has 2 fully saturated rings. The Hall–Kier alpha value is -1.97. The van der Waals surface area contributed by atoms with Gasteiger partial charge in [-0.1, -0.05) is 19.1 Å². The van der Waals surface area contributed by atoms with Crippen LogP contribution >= 0.6 is 0 Å². The average molecular weight is 315 g/mol. The number of benzene rings is 1. The largest absolute Gasteiger partial charge is 0.497 e. The number of hydrogen-bond acceptors (Lipinski definition) is 3. The van der Waals surface area contributed by atoms with Gasteiger partial charge in [-0.15, -0.1) is 0 Å². The lowest BCUT2D eigenvalue weighted by Crippen LogP contribution is -2.53. The SMILES string of the molecule is C=C1C[C@@H]2[C@@H](C)CNC(=O)[C@]2(CCOc2ccc(OC)cc2)C1. The molecule has 1 heterocycles. The van der Waals surface area contributed by atoms with Crippen LogP contribution in [0.1, 0.15) is 26.2 Å². The number of ether oxygens (including phenoxy) is 2. The minimum atomic E-state index is -0.332. The van der Waals surface area contributed by atoms with Crippen molar-refractivity contribution in [2.24, 2.45) is 17.3 Å². The second kappa shape index (κ2) is 6.26. The van der Waals surface area contributed by atoms with Gasteiger partial charge in [-0.2, -0.15) is 0 Å². The van der Waals surface area contributed by atoms with Crippen LogP contribution in [-0.2, 0) is 4.79 Å². The summed E-state index contributed by atoms with van der Waals surface area (Å²) in [5.41, 5.74) is 0.865. The second-order valence-corrected chi connectivity index (χ2v) is 6.85. The zero-order valence-corrected chi connectivity index (χ0v) is 13.9. The normalized spacial score (nSPS) is 29.8. The van der Waals surface area contributed by atoms with E-state index in [0.717, 1.165) is 37.3 Å². The van der Waals surface area contributed by atoms with Gasteiger partial charge in [0.05, 0.1) is 19.1 Å². The highest BCUT2D eigenvalue weighted by Crippen LogP contribution is 2.53. The van der Waals surface area contributed by atoms with Crippen LogP contribution in [0.4, 0.5) is 0 Å². The maximum absolute atomic E-state index is 12.6. The van der Waals surface area contributed by atoms with E-state index >= 15 is 0 Å². The number of hydrogen-bond donors (Lipinski definition) is 1. The smallest absolute Gasteiger partial charge is 0.226 e. The van der Waals surface area contributed by atoms with Gasteiger partial charge in [0.15, 0.2) is 0 Å². The Balaban J connectivity index is 1.67. The first-order valence-electron chi connectivity index (χ1n) is 8.27. The van der Waals surface area contributed by atoms with Crippen LogP contribution in [0.3, 0.4) is 0 Å². The minimum Gasteiger partial charge on any atom is -0.497 e. The summed E-state index contributed by atoms with van der Waals surface area (Å²) in [4.78, 5) is 12.6. The van der Waals surface area contributed by atoms with Crippen LogP contribution in [0.15, 0.2) is 36.4 Å². The third-order valence-corrected chi connectivity index (χ3v) is 5.38. The fourth-order valence-electron chi connectivity index (χ4n) is 4.13. The molecule has 1 saturated carbocycles. The van der Waals surface area contributed by atoms with Crippen LogP contribution in [0, 0.1) is 17.3 Å². The highest BCUT2D eigenvalue weighted by Gasteiger charge is 2.54. The lowest BCUT2D eigenvalue weighted by atomic mass is 9.67. The predicted molar refractivity (Wildman–Crippen MR) is 89.6 cm³/mol. The number of amides is 1. The Morgan fingerprint density at radius 3 is 2.70 bits per heavy atom. The number of piperidine rings is 1. The fourth-order valence-corrected chi connectivity index (χ4v) is 4.13. The number of methoxy groups -OCH3 is 1. The molecule has 0 radical (unpaired) electrons. The lowest BCUT2D eigenvalue weighted by molar-refractivity contribution is -0.139. The third-order valence-electron chi connectivity index (χ3n) is 5.38. The first-order valence-corrected chi connectivity index (χ1v) is 8.27. The van der Waals surface area contributed by atoms with Gasteiger partial charge in [-0.25, -0.2) is 0 Å². The van der Waals surface area contributed by atoms with E-state index in [0.29, 0.717) is 18.4 Å². The van der Waals surface area contributed by atoms with E-state index in [1.54, 1.807) is 7.11 Å². The average Bonchev–Trinajstić information content (AvgIpc) is 2.91. The van der Waals surface area contributed by atoms with E-state index in [1.165, 1.54) is 5.57 Å². The van der Waals surface area contributed by atoms with Gasteiger partial charge in [-0.05, 0) is 55.4 Å². The summed E-state index contributed by atoms with van der Waals surface area (Å²) in [5, 5.41) is 3.08. The number of carbonyl (C=O) groups is 1. The summed E-state index contributed by atoms with van der Waals surface area (Å²) in [6.45, 7) is 7.68. The minimum absolute atomic E-state index is 0.178. The maximum atomic E-state index is 12.6. The van der Waals surface area contributed by atoms with E-state index in [4.69, 9.17) is 9.47 Å².